The van der Waals surface area contributed by atoms with Crippen LogP contribution < -0.4 is 16.6 Å². The molecule has 0 amide bonds. The molecular formula is C12H11N5S. The van der Waals surface area contributed by atoms with Crippen molar-refractivity contribution < 1.29 is 0 Å². The van der Waals surface area contributed by atoms with Gasteiger partial charge in [-0.1, -0.05) is 0 Å². The van der Waals surface area contributed by atoms with Gasteiger partial charge in [-0.05, 0) is 35.0 Å². The highest BCUT2D eigenvalue weighted by molar-refractivity contribution is 7.17. The molecule has 3 rings (SSSR count). The van der Waals surface area contributed by atoms with Gasteiger partial charge in [-0.25, -0.2) is 10.8 Å². The van der Waals surface area contributed by atoms with Crippen LogP contribution in [0, 0.1) is 0 Å². The van der Waals surface area contributed by atoms with Crippen LogP contribution in [0.2, 0.25) is 0 Å². The van der Waals surface area contributed by atoms with Crippen molar-refractivity contribution in [3.8, 4) is 0 Å². The van der Waals surface area contributed by atoms with Crippen LogP contribution in [0.4, 0.5) is 17.3 Å². The number of fused-ring (bicyclic) bond motifs is 1. The molecule has 0 saturated carbocycles. The minimum atomic E-state index is 0.525. The van der Waals surface area contributed by atoms with E-state index in [1.165, 1.54) is 10.1 Å². The Morgan fingerprint density at radius 2 is 2.00 bits per heavy atom. The van der Waals surface area contributed by atoms with Crippen molar-refractivity contribution in [2.24, 2.45) is 5.84 Å². The van der Waals surface area contributed by atoms with Crippen molar-refractivity contribution in [3.63, 3.8) is 0 Å². The molecule has 0 fully saturated rings. The Morgan fingerprint density at radius 1 is 1.11 bits per heavy atom. The Bertz CT molecular complexity index is 679. The quantitative estimate of drug-likeness (QED) is 0.497. The number of aromatic nitrogens is 2. The molecule has 90 valence electrons. The van der Waals surface area contributed by atoms with E-state index in [1.807, 2.05) is 6.07 Å². The van der Waals surface area contributed by atoms with Gasteiger partial charge in [0.2, 0.25) is 0 Å². The maximum atomic E-state index is 5.29. The van der Waals surface area contributed by atoms with E-state index in [9.17, 15) is 0 Å². The maximum absolute atomic E-state index is 5.29. The number of benzene rings is 1. The van der Waals surface area contributed by atoms with Crippen LogP contribution in [0.3, 0.4) is 0 Å². The molecule has 0 atom stereocenters. The third kappa shape index (κ3) is 2.11. The summed E-state index contributed by atoms with van der Waals surface area (Å²) in [5, 5.41) is 6.49. The highest BCUT2D eigenvalue weighted by atomic mass is 32.1. The second kappa shape index (κ2) is 4.59. The summed E-state index contributed by atoms with van der Waals surface area (Å²) in [5.41, 5.74) is 3.44. The van der Waals surface area contributed by atoms with E-state index in [2.05, 4.69) is 44.3 Å². The lowest BCUT2D eigenvalue weighted by Gasteiger charge is -2.06. The summed E-state index contributed by atoms with van der Waals surface area (Å²) >= 11 is 1.73. The molecule has 3 aromatic rings. The number of hydrazine groups is 1. The fourth-order valence-electron chi connectivity index (χ4n) is 1.69. The van der Waals surface area contributed by atoms with Crippen LogP contribution in [0.1, 0.15) is 0 Å². The zero-order valence-corrected chi connectivity index (χ0v) is 10.2. The second-order valence-electron chi connectivity index (χ2n) is 3.73. The Labute approximate surface area is 108 Å². The van der Waals surface area contributed by atoms with Crippen molar-refractivity contribution in [1.82, 2.24) is 9.97 Å². The molecule has 0 aliphatic heterocycles. The summed E-state index contributed by atoms with van der Waals surface area (Å²) < 4.78 is 1.27. The third-order valence-corrected chi connectivity index (χ3v) is 3.41. The molecule has 0 unspecified atom stereocenters. The molecule has 18 heavy (non-hydrogen) atoms. The summed E-state index contributed by atoms with van der Waals surface area (Å²) in [5.74, 6) is 6.47. The molecule has 2 heterocycles. The van der Waals surface area contributed by atoms with Crippen molar-refractivity contribution >= 4 is 38.7 Å². The van der Waals surface area contributed by atoms with Crippen molar-refractivity contribution in [2.75, 3.05) is 10.7 Å². The van der Waals surface area contributed by atoms with E-state index >= 15 is 0 Å². The van der Waals surface area contributed by atoms with Gasteiger partial charge in [0, 0.05) is 10.4 Å². The monoisotopic (exact) mass is 257 g/mol. The van der Waals surface area contributed by atoms with Crippen LogP contribution in [0.5, 0.6) is 0 Å². The molecule has 4 N–H and O–H groups in total. The van der Waals surface area contributed by atoms with Gasteiger partial charge in [0.15, 0.2) is 11.6 Å². The number of nitrogens with two attached hydrogens (primary N) is 1. The van der Waals surface area contributed by atoms with Gasteiger partial charge in [0.05, 0.1) is 12.4 Å². The van der Waals surface area contributed by atoms with E-state index in [4.69, 9.17) is 5.84 Å². The van der Waals surface area contributed by atoms with Crippen molar-refractivity contribution in [2.45, 2.75) is 0 Å². The molecule has 2 aromatic heterocycles. The number of hydrogen-bond donors (Lipinski definition) is 3. The van der Waals surface area contributed by atoms with Gasteiger partial charge in [-0.15, -0.1) is 11.3 Å². The highest BCUT2D eigenvalue weighted by Crippen LogP contribution is 2.25. The van der Waals surface area contributed by atoms with Gasteiger partial charge in [-0.3, -0.25) is 4.98 Å². The second-order valence-corrected chi connectivity index (χ2v) is 4.68. The van der Waals surface area contributed by atoms with Gasteiger partial charge in [-0.2, -0.15) is 0 Å². The third-order valence-electron chi connectivity index (χ3n) is 2.51. The number of anilines is 3. The van der Waals surface area contributed by atoms with Crippen molar-refractivity contribution in [1.29, 1.82) is 0 Å². The summed E-state index contributed by atoms with van der Waals surface area (Å²) in [4.78, 5) is 8.29. The number of hydrogen-bond acceptors (Lipinski definition) is 6. The van der Waals surface area contributed by atoms with Gasteiger partial charge in [0.25, 0.3) is 0 Å². The fraction of sp³-hybridized carbons (Fsp3) is 0. The van der Waals surface area contributed by atoms with Gasteiger partial charge < -0.3 is 10.7 Å². The van der Waals surface area contributed by atoms with Crippen LogP contribution >= 0.6 is 11.3 Å². The molecule has 0 radical (unpaired) electrons. The first-order valence-electron chi connectivity index (χ1n) is 5.38. The summed E-state index contributed by atoms with van der Waals surface area (Å²) in [6.07, 6.45) is 3.21. The van der Waals surface area contributed by atoms with Gasteiger partial charge >= 0.3 is 0 Å². The zero-order valence-electron chi connectivity index (χ0n) is 9.42. The number of nitrogens with zero attached hydrogens (tertiary/aromatic N) is 2. The fourth-order valence-corrected chi connectivity index (χ4v) is 2.46. The average molecular weight is 257 g/mol. The molecule has 0 bridgehead atoms. The number of nitrogen functional groups attached to an aromatic ring is 1. The first-order chi connectivity index (χ1) is 8.85. The molecule has 0 saturated heterocycles. The predicted octanol–water partition coefficient (Wildman–Crippen LogP) is 2.72. The lowest BCUT2D eigenvalue weighted by molar-refractivity contribution is 1.16. The smallest absolute Gasteiger partial charge is 0.160 e. The molecule has 1 aromatic carbocycles. The van der Waals surface area contributed by atoms with E-state index in [0.29, 0.717) is 11.6 Å². The van der Waals surface area contributed by atoms with Crippen LogP contribution in [-0.2, 0) is 0 Å². The molecule has 5 nitrogen and oxygen atoms in total. The molecule has 0 aliphatic rings. The summed E-state index contributed by atoms with van der Waals surface area (Å²) in [6.45, 7) is 0. The Kier molecular flexibility index (Phi) is 2.79. The first kappa shape index (κ1) is 10.9. The predicted molar refractivity (Wildman–Crippen MR) is 74.9 cm³/mol. The lowest BCUT2D eigenvalue weighted by Crippen LogP contribution is -2.09. The first-order valence-corrected chi connectivity index (χ1v) is 6.26. The standard InChI is InChI=1S/C12H11N5S/c13-17-12-7-14-6-11(16-12)15-9-1-2-10-8(5-9)3-4-18-10/h1-7H,13H2,(H2,15,16,17). The lowest BCUT2D eigenvalue weighted by atomic mass is 10.2. The zero-order chi connectivity index (χ0) is 12.4. The van der Waals surface area contributed by atoms with E-state index in [0.717, 1.165) is 5.69 Å². The largest absolute Gasteiger partial charge is 0.339 e. The van der Waals surface area contributed by atoms with Crippen LogP contribution in [0.15, 0.2) is 42.0 Å². The Morgan fingerprint density at radius 3 is 2.89 bits per heavy atom. The van der Waals surface area contributed by atoms with Gasteiger partial charge in [0.1, 0.15) is 0 Å². The molecular weight excluding hydrogens is 246 g/mol. The number of nitrogens with one attached hydrogen (secondary N) is 2. The Balaban J connectivity index is 1.90. The number of thiophene rings is 1. The van der Waals surface area contributed by atoms with Crippen LogP contribution in [0.25, 0.3) is 10.1 Å². The van der Waals surface area contributed by atoms with E-state index in [-0.39, 0.29) is 0 Å². The summed E-state index contributed by atoms with van der Waals surface area (Å²) in [6, 6.07) is 8.27. The Hall–Kier alpha value is -2.18. The van der Waals surface area contributed by atoms with E-state index < -0.39 is 0 Å². The minimum absolute atomic E-state index is 0.525. The molecule has 0 spiro atoms. The van der Waals surface area contributed by atoms with Crippen molar-refractivity contribution in [3.05, 3.63) is 42.0 Å². The average Bonchev–Trinajstić information content (AvgIpc) is 2.86. The molecule has 0 aliphatic carbocycles. The van der Waals surface area contributed by atoms with E-state index in [1.54, 1.807) is 23.7 Å². The normalized spacial score (nSPS) is 10.5. The summed E-state index contributed by atoms with van der Waals surface area (Å²) in [7, 11) is 0. The SMILES string of the molecule is NNc1cncc(Nc2ccc3sccc3c2)n1. The topological polar surface area (TPSA) is 75.9 Å². The number of rotatable bonds is 3. The minimum Gasteiger partial charge on any atom is -0.339 e. The molecule has 6 heteroatoms. The maximum Gasteiger partial charge on any atom is 0.160 e. The van der Waals surface area contributed by atoms with Crippen LogP contribution in [-0.4, -0.2) is 9.97 Å². The highest BCUT2D eigenvalue weighted by Gasteiger charge is 2.00.